The number of nitrogens with one attached hydrogen (secondary N) is 1. The van der Waals surface area contributed by atoms with Crippen molar-refractivity contribution in [3.8, 4) is 5.69 Å². The third kappa shape index (κ3) is 3.31. The number of nitrogens with zero attached hydrogens (tertiary/aromatic N) is 5. The largest absolute Gasteiger partial charge is 0.369 e. The van der Waals surface area contributed by atoms with E-state index in [2.05, 4.69) is 15.6 Å². The van der Waals surface area contributed by atoms with Gasteiger partial charge in [0.25, 0.3) is 11.8 Å². The second-order valence-electron chi connectivity index (χ2n) is 10.1. The van der Waals surface area contributed by atoms with Crippen molar-refractivity contribution in [1.29, 1.82) is 0 Å². The average molecular weight is 492 g/mol. The zero-order valence-corrected chi connectivity index (χ0v) is 19.5. The zero-order chi connectivity index (χ0) is 25.2. The summed E-state index contributed by atoms with van der Waals surface area (Å²) < 4.78 is 1.43. The summed E-state index contributed by atoms with van der Waals surface area (Å²) >= 11 is 0. The zero-order valence-electron chi connectivity index (χ0n) is 19.5. The van der Waals surface area contributed by atoms with E-state index in [1.54, 1.807) is 23.1 Å². The van der Waals surface area contributed by atoms with E-state index < -0.39 is 17.4 Å². The van der Waals surface area contributed by atoms with Crippen LogP contribution in [0.15, 0.2) is 24.4 Å². The van der Waals surface area contributed by atoms with Crippen molar-refractivity contribution in [2.24, 2.45) is 17.1 Å². The van der Waals surface area contributed by atoms with Crippen molar-refractivity contribution in [2.45, 2.75) is 44.7 Å². The first kappa shape index (κ1) is 22.4. The molecule has 3 aliphatic heterocycles. The maximum atomic E-state index is 13.1. The van der Waals surface area contributed by atoms with E-state index in [1.165, 1.54) is 15.8 Å². The van der Waals surface area contributed by atoms with Gasteiger partial charge in [-0.05, 0) is 42.9 Å². The summed E-state index contributed by atoms with van der Waals surface area (Å²) in [4.78, 5) is 65.2. The first-order valence-electron chi connectivity index (χ1n) is 12.1. The highest BCUT2D eigenvalue weighted by molar-refractivity contribution is 6.05. The number of nitrogens with two attached hydrogens (primary N) is 1. The van der Waals surface area contributed by atoms with Gasteiger partial charge in [-0.2, -0.15) is 0 Å². The molecule has 1 aliphatic carbocycles. The minimum atomic E-state index is -0.690. The van der Waals surface area contributed by atoms with Crippen molar-refractivity contribution in [3.63, 3.8) is 0 Å². The summed E-state index contributed by atoms with van der Waals surface area (Å²) in [5.74, 6) is -1.67. The van der Waals surface area contributed by atoms with Crippen LogP contribution in [0.3, 0.4) is 0 Å². The Morgan fingerprint density at radius 1 is 1.17 bits per heavy atom. The molecule has 0 bridgehead atoms. The van der Waals surface area contributed by atoms with Crippen LogP contribution in [-0.4, -0.2) is 73.5 Å². The molecule has 2 saturated heterocycles. The summed E-state index contributed by atoms with van der Waals surface area (Å²) in [6.45, 7) is 1.04. The first-order chi connectivity index (χ1) is 17.3. The molecular weight excluding hydrogens is 466 g/mol. The van der Waals surface area contributed by atoms with Gasteiger partial charge in [0.15, 0.2) is 5.69 Å². The summed E-state index contributed by atoms with van der Waals surface area (Å²) in [6.07, 6.45) is 4.49. The van der Waals surface area contributed by atoms with Gasteiger partial charge in [0, 0.05) is 31.6 Å². The molecule has 6 rings (SSSR count). The van der Waals surface area contributed by atoms with Crippen LogP contribution in [0, 0.1) is 11.3 Å². The van der Waals surface area contributed by atoms with Crippen molar-refractivity contribution >= 4 is 29.5 Å². The predicted octanol–water partition coefficient (Wildman–Crippen LogP) is -0.244. The SMILES string of the molecule is NC(=O)[C@]12CCC[C@H]1CN(C(=O)c1cn(-c3ccc4c(c3)C(=O)N(C3CCC(=O)NC3=O)C4)nn1)C2. The summed E-state index contributed by atoms with van der Waals surface area (Å²) in [5.41, 5.74) is 6.95. The van der Waals surface area contributed by atoms with E-state index in [1.807, 2.05) is 0 Å². The Morgan fingerprint density at radius 3 is 2.75 bits per heavy atom. The van der Waals surface area contributed by atoms with E-state index in [9.17, 15) is 24.0 Å². The number of amides is 5. The number of piperidine rings is 1. The fourth-order valence-electron chi connectivity index (χ4n) is 6.18. The second kappa shape index (κ2) is 7.97. The lowest BCUT2D eigenvalue weighted by Gasteiger charge is -2.29. The maximum absolute atomic E-state index is 13.1. The molecule has 3 N–H and O–H groups in total. The summed E-state index contributed by atoms with van der Waals surface area (Å²) in [5, 5.41) is 10.4. The van der Waals surface area contributed by atoms with Gasteiger partial charge in [-0.3, -0.25) is 29.3 Å². The standard InChI is InChI=1S/C24H25N7O5/c25-23(36)24-7-1-2-14(24)10-29(12-24)22(35)17-11-31(28-27-17)15-4-3-13-9-30(21(34)16(13)8-15)18-5-6-19(32)26-20(18)33/h3-4,8,11,14,18H,1-2,5-7,9-10,12H2,(H2,25,36)(H,26,32,33)/t14-,18?,24-/m0/s1. The topological polar surface area (TPSA) is 161 Å². The number of carbonyl (C=O) groups is 5. The van der Waals surface area contributed by atoms with Crippen LogP contribution in [-0.2, 0) is 20.9 Å². The molecule has 12 nitrogen and oxygen atoms in total. The lowest BCUT2D eigenvalue weighted by Crippen LogP contribution is -2.52. The Labute approximate surface area is 205 Å². The van der Waals surface area contributed by atoms with Gasteiger partial charge in [-0.25, -0.2) is 4.68 Å². The number of fused-ring (bicyclic) bond motifs is 2. The highest BCUT2D eigenvalue weighted by Gasteiger charge is 2.54. The second-order valence-corrected chi connectivity index (χ2v) is 10.1. The van der Waals surface area contributed by atoms with Crippen LogP contribution in [0.1, 0.15) is 58.5 Å². The molecule has 0 spiro atoms. The Balaban J connectivity index is 1.20. The lowest BCUT2D eigenvalue weighted by atomic mass is 9.80. The average Bonchev–Trinajstić information content (AvgIpc) is 3.61. The molecule has 4 aliphatic rings. The molecule has 4 heterocycles. The number of hydrogen-bond acceptors (Lipinski definition) is 7. The third-order valence-corrected chi connectivity index (χ3v) is 8.14. The van der Waals surface area contributed by atoms with Crippen LogP contribution in [0.4, 0.5) is 0 Å². The van der Waals surface area contributed by atoms with Gasteiger partial charge >= 0.3 is 0 Å². The van der Waals surface area contributed by atoms with Crippen molar-refractivity contribution in [1.82, 2.24) is 30.1 Å². The summed E-state index contributed by atoms with van der Waals surface area (Å²) in [6, 6.07) is 4.53. The maximum Gasteiger partial charge on any atom is 0.276 e. The monoisotopic (exact) mass is 491 g/mol. The van der Waals surface area contributed by atoms with Gasteiger partial charge in [-0.1, -0.05) is 17.7 Å². The van der Waals surface area contributed by atoms with Crippen LogP contribution in [0.2, 0.25) is 0 Å². The molecule has 1 saturated carbocycles. The van der Waals surface area contributed by atoms with E-state index in [4.69, 9.17) is 5.73 Å². The molecule has 1 aromatic carbocycles. The predicted molar refractivity (Wildman–Crippen MR) is 122 cm³/mol. The van der Waals surface area contributed by atoms with Crippen LogP contribution in [0.25, 0.3) is 5.69 Å². The highest BCUT2D eigenvalue weighted by Crippen LogP contribution is 2.48. The molecule has 12 heteroatoms. The third-order valence-electron chi connectivity index (χ3n) is 8.14. The molecule has 3 fully saturated rings. The number of hydrogen-bond donors (Lipinski definition) is 2. The molecule has 36 heavy (non-hydrogen) atoms. The van der Waals surface area contributed by atoms with E-state index in [0.717, 1.165) is 18.4 Å². The van der Waals surface area contributed by atoms with Crippen LogP contribution >= 0.6 is 0 Å². The molecule has 2 aromatic rings. The number of rotatable bonds is 4. The van der Waals surface area contributed by atoms with E-state index >= 15 is 0 Å². The van der Waals surface area contributed by atoms with E-state index in [0.29, 0.717) is 37.2 Å². The minimum absolute atomic E-state index is 0.0732. The first-order valence-corrected chi connectivity index (χ1v) is 12.1. The Hall–Kier alpha value is -4.09. The number of aromatic nitrogens is 3. The summed E-state index contributed by atoms with van der Waals surface area (Å²) in [7, 11) is 0. The van der Waals surface area contributed by atoms with Crippen LogP contribution < -0.4 is 11.1 Å². The van der Waals surface area contributed by atoms with Gasteiger partial charge in [0.2, 0.25) is 17.7 Å². The van der Waals surface area contributed by atoms with Crippen molar-refractivity contribution in [3.05, 3.63) is 41.2 Å². The molecule has 3 atom stereocenters. The Bertz CT molecular complexity index is 1340. The van der Waals surface area contributed by atoms with Gasteiger partial charge < -0.3 is 15.5 Å². The highest BCUT2D eigenvalue weighted by atomic mass is 16.2. The molecule has 1 aromatic heterocycles. The lowest BCUT2D eigenvalue weighted by molar-refractivity contribution is -0.137. The molecule has 186 valence electrons. The minimum Gasteiger partial charge on any atom is -0.369 e. The Morgan fingerprint density at radius 2 is 2.00 bits per heavy atom. The molecule has 5 amide bonds. The fourth-order valence-corrected chi connectivity index (χ4v) is 6.18. The quantitative estimate of drug-likeness (QED) is 0.558. The van der Waals surface area contributed by atoms with Gasteiger partial charge in [0.1, 0.15) is 6.04 Å². The smallest absolute Gasteiger partial charge is 0.276 e. The normalized spacial score (nSPS) is 27.3. The van der Waals surface area contributed by atoms with Crippen molar-refractivity contribution in [2.75, 3.05) is 13.1 Å². The molecule has 1 unspecified atom stereocenters. The number of benzene rings is 1. The van der Waals surface area contributed by atoms with E-state index in [-0.39, 0.29) is 48.2 Å². The Kier molecular flexibility index (Phi) is 4.95. The fraction of sp³-hybridized carbons (Fsp3) is 0.458. The molecule has 0 radical (unpaired) electrons. The van der Waals surface area contributed by atoms with Gasteiger partial charge in [-0.15, -0.1) is 5.10 Å². The van der Waals surface area contributed by atoms with Gasteiger partial charge in [0.05, 0.1) is 17.3 Å². The number of primary amides is 1. The number of imide groups is 1. The molecular formula is C24H25N7O5. The number of likely N-dealkylation sites (tertiary alicyclic amines) is 1. The van der Waals surface area contributed by atoms with Crippen molar-refractivity contribution < 1.29 is 24.0 Å². The number of carbonyl (C=O) groups excluding carboxylic acids is 5. The van der Waals surface area contributed by atoms with Crippen LogP contribution in [0.5, 0.6) is 0 Å².